The fraction of sp³-hybridized carbons (Fsp3) is 0.500. The van der Waals surface area contributed by atoms with E-state index >= 15 is 0 Å². The van der Waals surface area contributed by atoms with Gasteiger partial charge in [0.25, 0.3) is 0 Å². The van der Waals surface area contributed by atoms with Gasteiger partial charge in [-0.05, 0) is 44.4 Å². The third kappa shape index (κ3) is 3.16. The van der Waals surface area contributed by atoms with E-state index in [4.69, 9.17) is 4.74 Å². The van der Waals surface area contributed by atoms with Gasteiger partial charge >= 0.3 is 0 Å². The van der Waals surface area contributed by atoms with Crippen molar-refractivity contribution in [2.75, 3.05) is 13.7 Å². The Morgan fingerprint density at radius 1 is 1.37 bits per heavy atom. The molecule has 1 N–H and O–H groups in total. The third-order valence-electron chi connectivity index (χ3n) is 3.63. The molecule has 0 spiro atoms. The quantitative estimate of drug-likeness (QED) is 0.811. The van der Waals surface area contributed by atoms with Crippen molar-refractivity contribution >= 4 is 0 Å². The molecule has 0 fully saturated rings. The largest absolute Gasteiger partial charge is 0.496 e. The Labute approximate surface area is 114 Å². The van der Waals surface area contributed by atoms with Crippen LogP contribution in [0.4, 0.5) is 4.39 Å². The normalized spacial score (nSPS) is 16.9. The van der Waals surface area contributed by atoms with E-state index in [-0.39, 0.29) is 11.9 Å². The first kappa shape index (κ1) is 14.1. The minimum Gasteiger partial charge on any atom is -0.496 e. The molecule has 1 aromatic carbocycles. The van der Waals surface area contributed by atoms with Gasteiger partial charge < -0.3 is 10.1 Å². The van der Waals surface area contributed by atoms with Gasteiger partial charge in [-0.2, -0.15) is 0 Å². The van der Waals surface area contributed by atoms with Gasteiger partial charge in [0.1, 0.15) is 11.6 Å². The molecule has 0 bridgehead atoms. The number of halogens is 1. The van der Waals surface area contributed by atoms with Crippen LogP contribution in [0.1, 0.15) is 44.2 Å². The van der Waals surface area contributed by atoms with Gasteiger partial charge in [-0.15, -0.1) is 0 Å². The zero-order valence-electron chi connectivity index (χ0n) is 11.7. The number of nitrogens with one attached hydrogen (secondary N) is 1. The minimum atomic E-state index is -0.197. The first-order valence-corrected chi connectivity index (χ1v) is 7.02. The maximum atomic E-state index is 14.2. The molecular formula is C16H22FNO. The highest BCUT2D eigenvalue weighted by molar-refractivity contribution is 5.41. The Morgan fingerprint density at radius 2 is 2.21 bits per heavy atom. The molecule has 1 atom stereocenters. The molecule has 3 heteroatoms. The number of methoxy groups -OCH3 is 1. The number of benzene rings is 1. The number of likely N-dealkylation sites (N-methyl/N-ethyl adjacent to an activating group) is 1. The highest BCUT2D eigenvalue weighted by atomic mass is 19.1. The summed E-state index contributed by atoms with van der Waals surface area (Å²) in [5.41, 5.74) is 1.93. The molecule has 0 saturated carbocycles. The van der Waals surface area contributed by atoms with Gasteiger partial charge in [-0.25, -0.2) is 4.39 Å². The van der Waals surface area contributed by atoms with Crippen LogP contribution in [-0.4, -0.2) is 13.7 Å². The van der Waals surface area contributed by atoms with Crippen LogP contribution in [0.25, 0.3) is 0 Å². The lowest BCUT2D eigenvalue weighted by Gasteiger charge is -2.26. The zero-order chi connectivity index (χ0) is 13.7. The third-order valence-corrected chi connectivity index (χ3v) is 3.63. The van der Waals surface area contributed by atoms with E-state index < -0.39 is 0 Å². The smallest absolute Gasteiger partial charge is 0.132 e. The maximum absolute atomic E-state index is 14.2. The summed E-state index contributed by atoms with van der Waals surface area (Å²) in [6, 6.07) is 4.95. The van der Waals surface area contributed by atoms with Crippen molar-refractivity contribution in [2.45, 2.75) is 38.6 Å². The predicted octanol–water partition coefficient (Wildman–Crippen LogP) is 3.99. The molecule has 0 aromatic heterocycles. The van der Waals surface area contributed by atoms with Crippen LogP contribution in [-0.2, 0) is 0 Å². The lowest BCUT2D eigenvalue weighted by Crippen LogP contribution is -2.25. The Balaban J connectivity index is 2.41. The average Bonchev–Trinajstić information content (AvgIpc) is 2.46. The van der Waals surface area contributed by atoms with Crippen molar-refractivity contribution in [2.24, 2.45) is 0 Å². The average molecular weight is 263 g/mol. The van der Waals surface area contributed by atoms with Crippen molar-refractivity contribution in [1.82, 2.24) is 5.32 Å². The molecule has 0 amide bonds. The summed E-state index contributed by atoms with van der Waals surface area (Å²) >= 11 is 0. The van der Waals surface area contributed by atoms with E-state index in [1.807, 2.05) is 13.0 Å². The van der Waals surface area contributed by atoms with E-state index in [1.54, 1.807) is 13.2 Å². The summed E-state index contributed by atoms with van der Waals surface area (Å²) in [7, 11) is 1.59. The van der Waals surface area contributed by atoms with Crippen LogP contribution >= 0.6 is 0 Å². The number of hydrogen-bond donors (Lipinski definition) is 1. The Hall–Kier alpha value is -1.35. The van der Waals surface area contributed by atoms with Crippen LogP contribution in [0.5, 0.6) is 5.75 Å². The molecule has 1 aromatic rings. The highest BCUT2D eigenvalue weighted by Crippen LogP contribution is 2.36. The van der Waals surface area contributed by atoms with E-state index in [1.165, 1.54) is 24.5 Å². The standard InChI is InChI=1S/C16H22FNO/c1-3-18-16(12-8-5-4-6-9-12)15-13(17)10-7-11-14(15)19-2/h7-8,10-11,16,18H,3-6,9H2,1-2H3. The Bertz CT molecular complexity index is 456. The summed E-state index contributed by atoms with van der Waals surface area (Å²) in [4.78, 5) is 0. The van der Waals surface area contributed by atoms with Crippen LogP contribution in [0.3, 0.4) is 0 Å². The summed E-state index contributed by atoms with van der Waals surface area (Å²) in [5.74, 6) is 0.425. The zero-order valence-corrected chi connectivity index (χ0v) is 11.7. The molecular weight excluding hydrogens is 241 g/mol. The van der Waals surface area contributed by atoms with Crippen LogP contribution in [0.15, 0.2) is 29.8 Å². The van der Waals surface area contributed by atoms with E-state index in [9.17, 15) is 4.39 Å². The maximum Gasteiger partial charge on any atom is 0.132 e. The predicted molar refractivity (Wildman–Crippen MR) is 75.9 cm³/mol. The Morgan fingerprint density at radius 3 is 2.84 bits per heavy atom. The lowest BCUT2D eigenvalue weighted by molar-refractivity contribution is 0.395. The SMILES string of the molecule is CCNC(C1=CCCCC1)c1c(F)cccc1OC. The summed E-state index contributed by atoms with van der Waals surface area (Å²) < 4.78 is 19.6. The summed E-state index contributed by atoms with van der Waals surface area (Å²) in [6.07, 6.45) is 6.80. The van der Waals surface area contributed by atoms with Crippen LogP contribution in [0.2, 0.25) is 0 Å². The molecule has 0 saturated heterocycles. The number of ether oxygens (including phenoxy) is 1. The van der Waals surface area contributed by atoms with Crippen molar-refractivity contribution in [1.29, 1.82) is 0 Å². The molecule has 1 aliphatic carbocycles. The van der Waals surface area contributed by atoms with Crippen molar-refractivity contribution in [3.8, 4) is 5.75 Å². The molecule has 19 heavy (non-hydrogen) atoms. The second-order valence-corrected chi connectivity index (χ2v) is 4.87. The van der Waals surface area contributed by atoms with Crippen molar-refractivity contribution < 1.29 is 9.13 Å². The topological polar surface area (TPSA) is 21.3 Å². The number of allylic oxidation sites excluding steroid dienone is 1. The van der Waals surface area contributed by atoms with Crippen molar-refractivity contribution in [3.05, 3.63) is 41.2 Å². The monoisotopic (exact) mass is 263 g/mol. The minimum absolute atomic E-state index is 0.0681. The first-order valence-electron chi connectivity index (χ1n) is 7.02. The molecule has 1 unspecified atom stereocenters. The van der Waals surface area contributed by atoms with Gasteiger partial charge in [0.2, 0.25) is 0 Å². The first-order chi connectivity index (χ1) is 9.27. The van der Waals surface area contributed by atoms with Crippen LogP contribution in [0, 0.1) is 5.82 Å². The second kappa shape index (κ2) is 6.71. The molecule has 2 nitrogen and oxygen atoms in total. The molecule has 0 aliphatic heterocycles. The number of rotatable bonds is 5. The summed E-state index contributed by atoms with van der Waals surface area (Å²) in [6.45, 7) is 2.85. The molecule has 104 valence electrons. The van der Waals surface area contributed by atoms with Gasteiger partial charge in [0.15, 0.2) is 0 Å². The van der Waals surface area contributed by atoms with E-state index in [0.29, 0.717) is 11.3 Å². The molecule has 0 radical (unpaired) electrons. The van der Waals surface area contributed by atoms with Gasteiger partial charge in [0.05, 0.1) is 18.7 Å². The van der Waals surface area contributed by atoms with Gasteiger partial charge in [0, 0.05) is 0 Å². The van der Waals surface area contributed by atoms with Crippen LogP contribution < -0.4 is 10.1 Å². The number of hydrogen-bond acceptors (Lipinski definition) is 2. The van der Waals surface area contributed by atoms with Gasteiger partial charge in [-0.1, -0.05) is 24.6 Å². The van der Waals surface area contributed by atoms with E-state index in [0.717, 1.165) is 19.4 Å². The second-order valence-electron chi connectivity index (χ2n) is 4.87. The summed E-state index contributed by atoms with van der Waals surface area (Å²) in [5, 5.41) is 3.40. The molecule has 1 aliphatic rings. The molecule has 0 heterocycles. The molecule has 2 rings (SSSR count). The Kier molecular flexibility index (Phi) is 4.97. The van der Waals surface area contributed by atoms with E-state index in [2.05, 4.69) is 11.4 Å². The highest BCUT2D eigenvalue weighted by Gasteiger charge is 2.23. The lowest BCUT2D eigenvalue weighted by atomic mass is 9.89. The van der Waals surface area contributed by atoms with Crippen molar-refractivity contribution in [3.63, 3.8) is 0 Å². The van der Waals surface area contributed by atoms with Gasteiger partial charge in [-0.3, -0.25) is 0 Å². The fourth-order valence-corrected chi connectivity index (χ4v) is 2.72. The fourth-order valence-electron chi connectivity index (χ4n) is 2.72.